The average Bonchev–Trinajstić information content (AvgIpc) is 2.95. The summed E-state index contributed by atoms with van der Waals surface area (Å²) in [4.78, 5) is 28.6. The molecule has 0 fully saturated rings. The first-order valence-corrected chi connectivity index (χ1v) is 14.9. The molecule has 0 radical (unpaired) electrons. The van der Waals surface area contributed by atoms with Gasteiger partial charge in [0.05, 0.1) is 10.6 Å². The number of halogens is 1. The topological polar surface area (TPSA) is 86.8 Å². The first kappa shape index (κ1) is 30.2. The van der Waals surface area contributed by atoms with Gasteiger partial charge in [-0.15, -0.1) is 0 Å². The van der Waals surface area contributed by atoms with Gasteiger partial charge in [0.2, 0.25) is 11.8 Å². The van der Waals surface area contributed by atoms with Crippen molar-refractivity contribution in [1.29, 1.82) is 0 Å². The second kappa shape index (κ2) is 13.6. The van der Waals surface area contributed by atoms with E-state index in [1.54, 1.807) is 61.5 Å². The number of hydrogen-bond acceptors (Lipinski definition) is 4. The number of carbonyl (C=O) groups is 2. The van der Waals surface area contributed by atoms with Crippen molar-refractivity contribution >= 4 is 39.1 Å². The van der Waals surface area contributed by atoms with Gasteiger partial charge in [-0.25, -0.2) is 8.42 Å². The molecule has 2 amide bonds. The van der Waals surface area contributed by atoms with Crippen LogP contribution in [0, 0.1) is 0 Å². The lowest BCUT2D eigenvalue weighted by molar-refractivity contribution is -0.139. The molecule has 208 valence electrons. The predicted molar refractivity (Wildman–Crippen MR) is 156 cm³/mol. The molecule has 3 aromatic carbocycles. The number of para-hydroxylation sites is 1. The van der Waals surface area contributed by atoms with E-state index in [2.05, 4.69) is 5.32 Å². The minimum absolute atomic E-state index is 0.0439. The third-order valence-electron chi connectivity index (χ3n) is 6.72. The Labute approximate surface area is 236 Å². The molecular weight excluding hydrogens is 534 g/mol. The molecule has 7 nitrogen and oxygen atoms in total. The van der Waals surface area contributed by atoms with Crippen LogP contribution in [0.25, 0.3) is 0 Å². The molecule has 9 heteroatoms. The van der Waals surface area contributed by atoms with Gasteiger partial charge < -0.3 is 10.2 Å². The van der Waals surface area contributed by atoms with Gasteiger partial charge in [0, 0.05) is 17.6 Å². The number of nitrogens with one attached hydrogen (secondary N) is 1. The molecule has 0 saturated carbocycles. The summed E-state index contributed by atoms with van der Waals surface area (Å²) in [6.45, 7) is 6.98. The average molecular weight is 570 g/mol. The van der Waals surface area contributed by atoms with Crippen LogP contribution in [-0.4, -0.2) is 43.8 Å². The molecule has 0 spiro atoms. The summed E-state index contributed by atoms with van der Waals surface area (Å²) < 4.78 is 29.0. The number of anilines is 1. The lowest BCUT2D eigenvalue weighted by atomic mass is 10.1. The van der Waals surface area contributed by atoms with Gasteiger partial charge in [-0.3, -0.25) is 13.9 Å². The number of nitrogens with zero attached hydrogens (tertiary/aromatic N) is 2. The Morgan fingerprint density at radius 1 is 0.872 bits per heavy atom. The van der Waals surface area contributed by atoms with Crippen LogP contribution in [0.15, 0.2) is 83.8 Å². The van der Waals surface area contributed by atoms with E-state index in [1.165, 1.54) is 17.0 Å². The molecule has 0 heterocycles. The van der Waals surface area contributed by atoms with Gasteiger partial charge in [0.1, 0.15) is 12.6 Å². The highest BCUT2D eigenvalue weighted by atomic mass is 35.5. The van der Waals surface area contributed by atoms with Gasteiger partial charge in [-0.05, 0) is 62.1 Å². The smallest absolute Gasteiger partial charge is 0.264 e. The fourth-order valence-corrected chi connectivity index (χ4v) is 5.81. The van der Waals surface area contributed by atoms with Crippen LogP contribution in [0.2, 0.25) is 5.02 Å². The molecule has 2 atom stereocenters. The van der Waals surface area contributed by atoms with Crippen LogP contribution >= 0.6 is 11.6 Å². The van der Waals surface area contributed by atoms with E-state index in [0.717, 1.165) is 16.3 Å². The molecule has 0 aromatic heterocycles. The highest BCUT2D eigenvalue weighted by Gasteiger charge is 2.33. The van der Waals surface area contributed by atoms with Crippen molar-refractivity contribution in [3.8, 4) is 0 Å². The Hall–Kier alpha value is -3.36. The monoisotopic (exact) mass is 569 g/mol. The summed E-state index contributed by atoms with van der Waals surface area (Å²) in [5, 5.41) is 3.38. The normalized spacial score (nSPS) is 12.8. The van der Waals surface area contributed by atoms with Crippen LogP contribution < -0.4 is 9.62 Å². The van der Waals surface area contributed by atoms with Crippen molar-refractivity contribution in [2.45, 2.75) is 64.1 Å². The maximum absolute atomic E-state index is 14.0. The van der Waals surface area contributed by atoms with E-state index in [4.69, 9.17) is 11.6 Å². The molecule has 0 aliphatic carbocycles. The predicted octanol–water partition coefficient (Wildman–Crippen LogP) is 5.43. The van der Waals surface area contributed by atoms with Crippen molar-refractivity contribution in [1.82, 2.24) is 10.2 Å². The molecule has 0 aliphatic heterocycles. The van der Waals surface area contributed by atoms with Gasteiger partial charge in [0.15, 0.2) is 0 Å². The third-order valence-corrected chi connectivity index (χ3v) is 8.86. The van der Waals surface area contributed by atoms with Gasteiger partial charge in [0.25, 0.3) is 10.0 Å². The highest BCUT2D eigenvalue weighted by Crippen LogP contribution is 2.28. The number of aryl methyl sites for hydroxylation is 1. The molecule has 3 aromatic rings. The summed E-state index contributed by atoms with van der Waals surface area (Å²) in [7, 11) is -4.11. The Bertz CT molecular complexity index is 1380. The number of benzene rings is 3. The first-order valence-electron chi connectivity index (χ1n) is 13.1. The second-order valence-corrected chi connectivity index (χ2v) is 11.7. The third kappa shape index (κ3) is 7.40. The second-order valence-electron chi connectivity index (χ2n) is 9.41. The van der Waals surface area contributed by atoms with Crippen molar-refractivity contribution in [2.24, 2.45) is 0 Å². The minimum Gasteiger partial charge on any atom is -0.352 e. The van der Waals surface area contributed by atoms with Crippen LogP contribution in [-0.2, 0) is 32.6 Å². The fraction of sp³-hybridized carbons (Fsp3) is 0.333. The van der Waals surface area contributed by atoms with Crippen LogP contribution in [0.4, 0.5) is 5.69 Å². The number of rotatable bonds is 12. The molecule has 3 rings (SSSR count). The standard InChI is InChI=1S/C30H36ClN3O4S/c1-5-22(3)32-30(36)23(4)33(20-25-15-10-12-18-27(25)31)29(35)21-34(28-19-13-11-14-24(28)6-2)39(37,38)26-16-8-7-9-17-26/h7-19,22-23H,5-6,20-21H2,1-4H3,(H,32,36)/t22-,23+/m0/s1. The van der Waals surface area contributed by atoms with Gasteiger partial charge in [-0.2, -0.15) is 0 Å². The largest absolute Gasteiger partial charge is 0.352 e. The Morgan fingerprint density at radius 2 is 1.46 bits per heavy atom. The molecule has 0 saturated heterocycles. The van der Waals surface area contributed by atoms with Crippen molar-refractivity contribution in [3.63, 3.8) is 0 Å². The molecule has 0 bridgehead atoms. The zero-order valence-corrected chi connectivity index (χ0v) is 24.4. The van der Waals surface area contributed by atoms with Crippen LogP contribution in [0.3, 0.4) is 0 Å². The minimum atomic E-state index is -4.11. The SMILES string of the molecule is CCc1ccccc1N(CC(=O)N(Cc1ccccc1Cl)[C@H](C)C(=O)N[C@@H](C)CC)S(=O)(=O)c1ccccc1. The summed E-state index contributed by atoms with van der Waals surface area (Å²) in [6.07, 6.45) is 1.30. The zero-order valence-electron chi connectivity index (χ0n) is 22.8. The lowest BCUT2D eigenvalue weighted by Gasteiger charge is -2.33. The van der Waals surface area contributed by atoms with Gasteiger partial charge >= 0.3 is 0 Å². The molecule has 1 N–H and O–H groups in total. The van der Waals surface area contributed by atoms with Crippen molar-refractivity contribution in [2.75, 3.05) is 10.8 Å². The van der Waals surface area contributed by atoms with E-state index >= 15 is 0 Å². The van der Waals surface area contributed by atoms with Crippen molar-refractivity contribution < 1.29 is 18.0 Å². The maximum Gasteiger partial charge on any atom is 0.264 e. The molecule has 0 aliphatic rings. The summed E-state index contributed by atoms with van der Waals surface area (Å²) >= 11 is 6.41. The number of hydrogen-bond donors (Lipinski definition) is 1. The Balaban J connectivity index is 2.06. The Kier molecular flexibility index (Phi) is 10.5. The molecule has 0 unspecified atom stereocenters. The zero-order chi connectivity index (χ0) is 28.6. The van der Waals surface area contributed by atoms with Crippen LogP contribution in [0.1, 0.15) is 45.2 Å². The maximum atomic E-state index is 14.0. The van der Waals surface area contributed by atoms with Gasteiger partial charge in [-0.1, -0.05) is 80.0 Å². The molecular formula is C30H36ClN3O4S. The van der Waals surface area contributed by atoms with E-state index in [-0.39, 0.29) is 23.4 Å². The lowest BCUT2D eigenvalue weighted by Crippen LogP contribution is -2.52. The highest BCUT2D eigenvalue weighted by molar-refractivity contribution is 7.92. The van der Waals surface area contributed by atoms with E-state index in [9.17, 15) is 18.0 Å². The van der Waals surface area contributed by atoms with E-state index in [1.807, 2.05) is 32.9 Å². The Morgan fingerprint density at radius 3 is 2.08 bits per heavy atom. The fourth-order valence-electron chi connectivity index (χ4n) is 4.14. The number of amides is 2. The van der Waals surface area contributed by atoms with Crippen molar-refractivity contribution in [3.05, 3.63) is 95.0 Å². The summed E-state index contributed by atoms with van der Waals surface area (Å²) in [5.74, 6) is -0.844. The first-order chi connectivity index (χ1) is 18.6. The van der Waals surface area contributed by atoms with E-state index < -0.39 is 28.5 Å². The molecule has 39 heavy (non-hydrogen) atoms. The number of carbonyl (C=O) groups excluding carboxylic acids is 2. The van der Waals surface area contributed by atoms with Crippen LogP contribution in [0.5, 0.6) is 0 Å². The quantitative estimate of drug-likeness (QED) is 0.315. The summed E-state index contributed by atoms with van der Waals surface area (Å²) in [5.41, 5.74) is 1.86. The van der Waals surface area contributed by atoms with E-state index in [0.29, 0.717) is 22.7 Å². The summed E-state index contributed by atoms with van der Waals surface area (Å²) in [6, 6.07) is 21.3. The number of sulfonamides is 1.